The molecular formula is C18H22N2O4S. The Labute approximate surface area is 148 Å². The van der Waals surface area contributed by atoms with Crippen LogP contribution in [-0.2, 0) is 14.8 Å². The Balaban J connectivity index is 2.08. The van der Waals surface area contributed by atoms with Crippen LogP contribution in [0.4, 0.5) is 5.69 Å². The van der Waals surface area contributed by atoms with Gasteiger partial charge < -0.3 is 10.1 Å². The van der Waals surface area contributed by atoms with Crippen molar-refractivity contribution in [2.45, 2.75) is 13.0 Å². The number of methoxy groups -OCH3 is 1. The van der Waals surface area contributed by atoms with Crippen molar-refractivity contribution in [2.24, 2.45) is 0 Å². The van der Waals surface area contributed by atoms with E-state index in [0.29, 0.717) is 5.69 Å². The van der Waals surface area contributed by atoms with Crippen molar-refractivity contribution in [3.8, 4) is 5.75 Å². The predicted molar refractivity (Wildman–Crippen MR) is 98.2 cm³/mol. The summed E-state index contributed by atoms with van der Waals surface area (Å²) in [5.74, 6) is 0.354. The van der Waals surface area contributed by atoms with Gasteiger partial charge in [-0.3, -0.25) is 9.10 Å². The third kappa shape index (κ3) is 5.22. The van der Waals surface area contributed by atoms with E-state index >= 15 is 0 Å². The van der Waals surface area contributed by atoms with Crippen molar-refractivity contribution >= 4 is 21.6 Å². The van der Waals surface area contributed by atoms with Crippen LogP contribution in [0.5, 0.6) is 5.75 Å². The Morgan fingerprint density at radius 2 is 1.72 bits per heavy atom. The molecule has 0 aliphatic rings. The summed E-state index contributed by atoms with van der Waals surface area (Å²) in [4.78, 5) is 12.3. The Bertz CT molecular complexity index is 805. The molecule has 0 bridgehead atoms. The van der Waals surface area contributed by atoms with Crippen LogP contribution in [0.1, 0.15) is 18.5 Å². The number of hydrogen-bond donors (Lipinski definition) is 1. The molecule has 2 aromatic carbocycles. The van der Waals surface area contributed by atoms with E-state index in [9.17, 15) is 13.2 Å². The highest BCUT2D eigenvalue weighted by molar-refractivity contribution is 7.92. The first-order valence-corrected chi connectivity index (χ1v) is 9.62. The molecule has 25 heavy (non-hydrogen) atoms. The summed E-state index contributed by atoms with van der Waals surface area (Å²) in [6.07, 6.45) is 1.08. The molecule has 0 heterocycles. The fraction of sp³-hybridized carbons (Fsp3) is 0.278. The molecule has 0 saturated carbocycles. The van der Waals surface area contributed by atoms with E-state index in [-0.39, 0.29) is 18.5 Å². The zero-order valence-corrected chi connectivity index (χ0v) is 15.3. The first-order valence-electron chi connectivity index (χ1n) is 7.77. The van der Waals surface area contributed by atoms with Crippen molar-refractivity contribution in [1.29, 1.82) is 0 Å². The summed E-state index contributed by atoms with van der Waals surface area (Å²) in [7, 11) is -1.98. The van der Waals surface area contributed by atoms with Gasteiger partial charge in [-0.25, -0.2) is 8.42 Å². The predicted octanol–water partition coefficient (Wildman–Crippen LogP) is 2.34. The lowest BCUT2D eigenvalue weighted by molar-refractivity contribution is -0.120. The average Bonchev–Trinajstić information content (AvgIpc) is 2.59. The second kappa shape index (κ2) is 8.02. The molecule has 0 fully saturated rings. The number of nitrogens with zero attached hydrogens (tertiary/aromatic N) is 1. The van der Waals surface area contributed by atoms with Gasteiger partial charge in [0.1, 0.15) is 12.3 Å². The van der Waals surface area contributed by atoms with Gasteiger partial charge in [0.2, 0.25) is 15.9 Å². The smallest absolute Gasteiger partial charge is 0.241 e. The maximum Gasteiger partial charge on any atom is 0.241 e. The van der Waals surface area contributed by atoms with Gasteiger partial charge in [0.25, 0.3) is 0 Å². The molecular weight excluding hydrogens is 340 g/mol. The summed E-state index contributed by atoms with van der Waals surface area (Å²) >= 11 is 0. The van der Waals surface area contributed by atoms with Gasteiger partial charge in [-0.2, -0.15) is 0 Å². The minimum Gasteiger partial charge on any atom is -0.497 e. The highest BCUT2D eigenvalue weighted by atomic mass is 32.2. The van der Waals surface area contributed by atoms with Gasteiger partial charge in [-0.15, -0.1) is 0 Å². The largest absolute Gasteiger partial charge is 0.497 e. The van der Waals surface area contributed by atoms with Crippen molar-refractivity contribution in [3.05, 3.63) is 60.2 Å². The van der Waals surface area contributed by atoms with E-state index in [2.05, 4.69) is 5.32 Å². The van der Waals surface area contributed by atoms with Gasteiger partial charge in [-0.05, 0) is 36.8 Å². The number of para-hydroxylation sites is 1. The lowest BCUT2D eigenvalue weighted by Crippen LogP contribution is -2.41. The highest BCUT2D eigenvalue weighted by Crippen LogP contribution is 2.19. The summed E-state index contributed by atoms with van der Waals surface area (Å²) < 4.78 is 30.2. The monoisotopic (exact) mass is 362 g/mol. The molecule has 0 unspecified atom stereocenters. The summed E-state index contributed by atoms with van der Waals surface area (Å²) in [5, 5.41) is 2.82. The summed E-state index contributed by atoms with van der Waals surface area (Å²) in [5.41, 5.74) is 1.36. The van der Waals surface area contributed by atoms with Crippen LogP contribution in [0.3, 0.4) is 0 Å². The quantitative estimate of drug-likeness (QED) is 0.820. The van der Waals surface area contributed by atoms with E-state index in [1.807, 2.05) is 31.2 Å². The Hall–Kier alpha value is -2.54. The first kappa shape index (κ1) is 18.8. The lowest BCUT2D eigenvalue weighted by Gasteiger charge is -2.23. The average molecular weight is 362 g/mol. The molecule has 0 radical (unpaired) electrons. The van der Waals surface area contributed by atoms with Gasteiger partial charge in [0, 0.05) is 0 Å². The fourth-order valence-electron chi connectivity index (χ4n) is 2.39. The first-order chi connectivity index (χ1) is 11.8. The number of carbonyl (C=O) groups excluding carboxylic acids is 1. The number of benzene rings is 2. The normalized spacial score (nSPS) is 12.3. The Morgan fingerprint density at radius 1 is 1.12 bits per heavy atom. The van der Waals surface area contributed by atoms with Crippen LogP contribution in [0, 0.1) is 0 Å². The van der Waals surface area contributed by atoms with E-state index in [1.165, 1.54) is 0 Å². The van der Waals surface area contributed by atoms with Gasteiger partial charge in [0.15, 0.2) is 0 Å². The zero-order valence-electron chi connectivity index (χ0n) is 14.5. The number of carbonyl (C=O) groups is 1. The Morgan fingerprint density at radius 3 is 2.24 bits per heavy atom. The van der Waals surface area contributed by atoms with Crippen molar-refractivity contribution in [2.75, 3.05) is 24.2 Å². The SMILES string of the molecule is COc1ccc([C@@H](C)NC(=O)CN(c2ccccc2)S(C)(=O)=O)cc1. The number of hydrogen-bond acceptors (Lipinski definition) is 4. The van der Waals surface area contributed by atoms with Crippen LogP contribution >= 0.6 is 0 Å². The van der Waals surface area contributed by atoms with Crippen LogP contribution < -0.4 is 14.4 Å². The molecule has 0 aliphatic carbocycles. The summed E-state index contributed by atoms with van der Waals surface area (Å²) in [6, 6.07) is 15.6. The minimum atomic E-state index is -3.57. The highest BCUT2D eigenvalue weighted by Gasteiger charge is 2.21. The lowest BCUT2D eigenvalue weighted by atomic mass is 10.1. The third-order valence-electron chi connectivity index (χ3n) is 3.73. The molecule has 7 heteroatoms. The van der Waals surface area contributed by atoms with Crippen molar-refractivity contribution in [1.82, 2.24) is 5.32 Å². The molecule has 2 rings (SSSR count). The molecule has 134 valence electrons. The van der Waals surface area contributed by atoms with Crippen LogP contribution in [-0.4, -0.2) is 34.2 Å². The molecule has 0 aromatic heterocycles. The van der Waals surface area contributed by atoms with Crippen LogP contribution in [0.2, 0.25) is 0 Å². The topological polar surface area (TPSA) is 75.7 Å². The van der Waals surface area contributed by atoms with E-state index in [0.717, 1.165) is 21.9 Å². The maximum atomic E-state index is 12.3. The van der Waals surface area contributed by atoms with Gasteiger partial charge >= 0.3 is 0 Å². The van der Waals surface area contributed by atoms with E-state index < -0.39 is 10.0 Å². The fourth-order valence-corrected chi connectivity index (χ4v) is 3.24. The van der Waals surface area contributed by atoms with E-state index in [1.54, 1.807) is 37.4 Å². The number of sulfonamides is 1. The molecule has 1 amide bonds. The molecule has 0 saturated heterocycles. The molecule has 1 N–H and O–H groups in total. The van der Waals surface area contributed by atoms with Gasteiger partial charge in [-0.1, -0.05) is 30.3 Å². The third-order valence-corrected chi connectivity index (χ3v) is 4.87. The van der Waals surface area contributed by atoms with Crippen LogP contribution in [0.25, 0.3) is 0 Å². The zero-order chi connectivity index (χ0) is 18.4. The van der Waals surface area contributed by atoms with E-state index in [4.69, 9.17) is 4.74 Å². The maximum absolute atomic E-state index is 12.3. The minimum absolute atomic E-state index is 0.254. The Kier molecular flexibility index (Phi) is 6.03. The van der Waals surface area contributed by atoms with Crippen molar-refractivity contribution in [3.63, 3.8) is 0 Å². The second-order valence-electron chi connectivity index (χ2n) is 5.67. The molecule has 0 spiro atoms. The molecule has 1 atom stereocenters. The molecule has 6 nitrogen and oxygen atoms in total. The standard InChI is InChI=1S/C18H22N2O4S/c1-14(15-9-11-17(24-2)12-10-15)19-18(21)13-20(25(3,22)23)16-7-5-4-6-8-16/h4-12,14H,13H2,1-3H3,(H,19,21)/t14-/m1/s1. The van der Waals surface area contributed by atoms with Crippen molar-refractivity contribution < 1.29 is 17.9 Å². The van der Waals surface area contributed by atoms with Crippen LogP contribution in [0.15, 0.2) is 54.6 Å². The molecule has 0 aliphatic heterocycles. The number of anilines is 1. The number of amides is 1. The number of ether oxygens (including phenoxy) is 1. The molecule has 2 aromatic rings. The van der Waals surface area contributed by atoms with Gasteiger partial charge in [0.05, 0.1) is 25.1 Å². The second-order valence-corrected chi connectivity index (χ2v) is 7.57. The summed E-state index contributed by atoms with van der Waals surface area (Å²) in [6.45, 7) is 1.57. The number of rotatable bonds is 7. The number of nitrogens with one attached hydrogen (secondary N) is 1.